The number of rotatable bonds is 10. The number of hydrogen-bond donors (Lipinski definition) is 2. The predicted octanol–water partition coefficient (Wildman–Crippen LogP) is 13.6. The van der Waals surface area contributed by atoms with Gasteiger partial charge in [0.05, 0.1) is 17.9 Å². The van der Waals surface area contributed by atoms with Crippen LogP contribution in [0.5, 0.6) is 57.5 Å². The fourth-order valence-electron chi connectivity index (χ4n) is 5.41. The molecule has 0 bridgehead atoms. The molecule has 6 aromatic rings. The molecule has 10 heteroatoms. The van der Waals surface area contributed by atoms with Crippen molar-refractivity contribution in [2.24, 2.45) is 0 Å². The summed E-state index contributed by atoms with van der Waals surface area (Å²) in [5, 5.41) is 22.1. The molecule has 6 nitrogen and oxygen atoms in total. The molecular formula is C39H28Br4O6. The first-order valence-electron chi connectivity index (χ1n) is 15.0. The van der Waals surface area contributed by atoms with Gasteiger partial charge in [-0.25, -0.2) is 0 Å². The van der Waals surface area contributed by atoms with Crippen LogP contribution in [0.25, 0.3) is 0 Å². The Morgan fingerprint density at radius 2 is 0.612 bits per heavy atom. The molecule has 248 valence electrons. The van der Waals surface area contributed by atoms with Crippen LogP contribution in [0, 0.1) is 0 Å². The maximum absolute atomic E-state index is 11.1. The second kappa shape index (κ2) is 14.9. The van der Waals surface area contributed by atoms with Crippen LogP contribution in [0.15, 0.2) is 139 Å². The summed E-state index contributed by atoms with van der Waals surface area (Å²) in [6, 6.07) is 36.0. The number of phenols is 2. The lowest BCUT2D eigenvalue weighted by molar-refractivity contribution is 0.392. The van der Waals surface area contributed by atoms with Crippen LogP contribution in [0.1, 0.15) is 25.0 Å². The molecule has 0 spiro atoms. The Kier molecular flexibility index (Phi) is 10.6. The first-order chi connectivity index (χ1) is 23.5. The Hall–Kier alpha value is -3.96. The number of halogens is 4. The molecule has 0 saturated heterocycles. The lowest BCUT2D eigenvalue weighted by atomic mass is 9.75. The quantitative estimate of drug-likeness (QED) is 0.143. The topological polar surface area (TPSA) is 77.4 Å². The maximum atomic E-state index is 11.1. The van der Waals surface area contributed by atoms with Crippen LogP contribution in [-0.4, -0.2) is 10.2 Å². The van der Waals surface area contributed by atoms with Crippen LogP contribution in [-0.2, 0) is 5.41 Å². The summed E-state index contributed by atoms with van der Waals surface area (Å²) < 4.78 is 29.2. The van der Waals surface area contributed by atoms with E-state index in [1.54, 1.807) is 24.3 Å². The molecule has 0 aromatic heterocycles. The molecule has 0 aliphatic rings. The van der Waals surface area contributed by atoms with Gasteiger partial charge in [0, 0.05) is 40.8 Å². The van der Waals surface area contributed by atoms with E-state index in [1.165, 1.54) is 0 Å². The van der Waals surface area contributed by atoms with E-state index in [1.807, 2.05) is 111 Å². The minimum Gasteiger partial charge on any atom is -0.508 e. The second-order valence-corrected chi connectivity index (χ2v) is 14.8. The van der Waals surface area contributed by atoms with Crippen LogP contribution < -0.4 is 18.9 Å². The van der Waals surface area contributed by atoms with Crippen LogP contribution in [0.2, 0.25) is 0 Å². The van der Waals surface area contributed by atoms with Gasteiger partial charge in [-0.2, -0.15) is 0 Å². The van der Waals surface area contributed by atoms with Gasteiger partial charge in [0.25, 0.3) is 0 Å². The SMILES string of the molecule is CC(C)(c1c(Oc2ccccc2Br)cc(O)cc1Oc1ccccc1Br)c1c(Oc2ccccc2Br)cc(O)cc1Oc1ccccc1Br. The molecule has 0 radical (unpaired) electrons. The van der Waals surface area contributed by atoms with E-state index < -0.39 is 5.41 Å². The first-order valence-corrected chi connectivity index (χ1v) is 18.1. The summed E-state index contributed by atoms with van der Waals surface area (Å²) in [4.78, 5) is 0. The van der Waals surface area contributed by atoms with Crippen molar-refractivity contribution in [1.29, 1.82) is 0 Å². The zero-order valence-electron chi connectivity index (χ0n) is 26.1. The highest BCUT2D eigenvalue weighted by Gasteiger charge is 2.38. The van der Waals surface area contributed by atoms with E-state index in [-0.39, 0.29) is 11.5 Å². The zero-order chi connectivity index (χ0) is 34.7. The van der Waals surface area contributed by atoms with Gasteiger partial charge in [-0.05, 0) is 112 Å². The number of aromatic hydroxyl groups is 2. The first kappa shape index (κ1) is 34.9. The Morgan fingerprint density at radius 3 is 0.837 bits per heavy atom. The average molecular weight is 912 g/mol. The van der Waals surface area contributed by atoms with Gasteiger partial charge in [0.2, 0.25) is 0 Å². The van der Waals surface area contributed by atoms with Crippen molar-refractivity contribution in [1.82, 2.24) is 0 Å². The molecule has 6 aromatic carbocycles. The van der Waals surface area contributed by atoms with E-state index in [2.05, 4.69) is 63.7 Å². The van der Waals surface area contributed by atoms with Gasteiger partial charge in [-0.3, -0.25) is 0 Å². The molecule has 0 fully saturated rings. The number of phenolic OH excluding ortho intramolecular Hbond substituents is 2. The lowest BCUT2D eigenvalue weighted by Crippen LogP contribution is -2.23. The fourth-order valence-corrected chi connectivity index (χ4v) is 6.88. The summed E-state index contributed by atoms with van der Waals surface area (Å²) in [5.41, 5.74) is 0.0785. The third-order valence-corrected chi connectivity index (χ3v) is 10.2. The molecular weight excluding hydrogens is 884 g/mol. The molecule has 0 aliphatic carbocycles. The fraction of sp³-hybridized carbons (Fsp3) is 0.0769. The molecule has 49 heavy (non-hydrogen) atoms. The highest BCUT2D eigenvalue weighted by Crippen LogP contribution is 2.55. The Balaban J connectivity index is 1.64. The Bertz CT molecular complexity index is 1860. The molecule has 6 rings (SSSR count). The van der Waals surface area contributed by atoms with E-state index >= 15 is 0 Å². The summed E-state index contributed by atoms with van der Waals surface area (Å²) in [6.07, 6.45) is 0. The number of hydrogen-bond acceptors (Lipinski definition) is 6. The lowest BCUT2D eigenvalue weighted by Gasteiger charge is -2.33. The van der Waals surface area contributed by atoms with Gasteiger partial charge in [0.1, 0.15) is 57.5 Å². The molecule has 0 atom stereocenters. The molecule has 2 N–H and O–H groups in total. The minimum atomic E-state index is -1.05. The third-order valence-electron chi connectivity index (χ3n) is 7.58. The summed E-state index contributed by atoms with van der Waals surface area (Å²) in [7, 11) is 0. The molecule has 0 saturated carbocycles. The van der Waals surface area contributed by atoms with Crippen molar-refractivity contribution in [3.63, 3.8) is 0 Å². The number of ether oxygens (including phenoxy) is 4. The van der Waals surface area contributed by atoms with Crippen molar-refractivity contribution in [2.75, 3.05) is 0 Å². The van der Waals surface area contributed by atoms with Gasteiger partial charge < -0.3 is 29.2 Å². The summed E-state index contributed by atoms with van der Waals surface area (Å²) >= 11 is 14.4. The smallest absolute Gasteiger partial charge is 0.141 e. The average Bonchev–Trinajstić information content (AvgIpc) is 3.05. The molecule has 0 unspecified atom stereocenters. The normalized spacial score (nSPS) is 11.2. The highest BCUT2D eigenvalue weighted by atomic mass is 79.9. The minimum absolute atomic E-state index is 0.0660. The maximum Gasteiger partial charge on any atom is 0.141 e. The largest absolute Gasteiger partial charge is 0.508 e. The Morgan fingerprint density at radius 1 is 0.388 bits per heavy atom. The van der Waals surface area contributed by atoms with Crippen molar-refractivity contribution < 1.29 is 29.2 Å². The monoisotopic (exact) mass is 908 g/mol. The molecule has 0 aliphatic heterocycles. The summed E-state index contributed by atoms with van der Waals surface area (Å²) in [6.45, 7) is 3.96. The van der Waals surface area contributed by atoms with Crippen molar-refractivity contribution in [3.05, 3.63) is 150 Å². The van der Waals surface area contributed by atoms with E-state index in [0.29, 0.717) is 57.1 Å². The number of para-hydroxylation sites is 4. The van der Waals surface area contributed by atoms with E-state index in [4.69, 9.17) is 18.9 Å². The van der Waals surface area contributed by atoms with Crippen molar-refractivity contribution >= 4 is 63.7 Å². The van der Waals surface area contributed by atoms with Crippen LogP contribution in [0.3, 0.4) is 0 Å². The molecule has 0 amide bonds. The summed E-state index contributed by atoms with van der Waals surface area (Å²) in [5.74, 6) is 3.27. The van der Waals surface area contributed by atoms with E-state index in [0.717, 1.165) is 17.9 Å². The number of benzene rings is 6. The van der Waals surface area contributed by atoms with Gasteiger partial charge in [-0.15, -0.1) is 0 Å². The van der Waals surface area contributed by atoms with Gasteiger partial charge in [0.15, 0.2) is 0 Å². The van der Waals surface area contributed by atoms with E-state index in [9.17, 15) is 10.2 Å². The molecule has 0 heterocycles. The standard InChI is InChI=1S/C39H28Br4O6/c1-39(2,37-33(46-29-15-7-3-11-25(29)40)19-23(44)20-34(37)47-30-16-8-4-12-26(30)41)38-35(48-31-17-9-5-13-27(31)42)21-24(45)22-36(38)49-32-18-10-6-14-28(32)43/h3-22,44-45H,1-2H3. The highest BCUT2D eigenvalue weighted by molar-refractivity contribution is 9.11. The second-order valence-electron chi connectivity index (χ2n) is 11.4. The van der Waals surface area contributed by atoms with Crippen LogP contribution in [0.4, 0.5) is 0 Å². The van der Waals surface area contributed by atoms with Crippen molar-refractivity contribution in [2.45, 2.75) is 19.3 Å². The zero-order valence-corrected chi connectivity index (χ0v) is 32.4. The van der Waals surface area contributed by atoms with Crippen LogP contribution >= 0.6 is 63.7 Å². The third kappa shape index (κ3) is 7.78. The Labute approximate surface area is 317 Å². The van der Waals surface area contributed by atoms with Gasteiger partial charge >= 0.3 is 0 Å². The predicted molar refractivity (Wildman–Crippen MR) is 205 cm³/mol. The van der Waals surface area contributed by atoms with Crippen molar-refractivity contribution in [3.8, 4) is 57.5 Å². The van der Waals surface area contributed by atoms with Gasteiger partial charge in [-0.1, -0.05) is 62.4 Å².